The first-order chi connectivity index (χ1) is 8.83. The minimum absolute atomic E-state index is 0.594. The van der Waals surface area contributed by atoms with E-state index in [0.717, 1.165) is 50.6 Å². The molecule has 1 saturated heterocycles. The van der Waals surface area contributed by atoms with Gasteiger partial charge in [0.15, 0.2) is 5.82 Å². The molecule has 102 valence electrons. The number of aromatic nitrogens is 2. The van der Waals surface area contributed by atoms with E-state index in [1.165, 1.54) is 19.3 Å². The molecule has 0 radical (unpaired) electrons. The summed E-state index contributed by atoms with van der Waals surface area (Å²) in [6.07, 6.45) is 6.81. The van der Waals surface area contributed by atoms with E-state index in [-0.39, 0.29) is 0 Å². The van der Waals surface area contributed by atoms with Crippen LogP contribution in [0.3, 0.4) is 0 Å². The first-order valence-corrected chi connectivity index (χ1v) is 7.09. The van der Waals surface area contributed by atoms with Crippen molar-refractivity contribution in [2.24, 2.45) is 5.73 Å². The number of rotatable bonds is 6. The molecule has 0 spiro atoms. The quantitative estimate of drug-likeness (QED) is 0.835. The predicted molar refractivity (Wildman–Crippen MR) is 70.0 cm³/mol. The van der Waals surface area contributed by atoms with Crippen LogP contribution in [0.2, 0.25) is 0 Å². The SMILES string of the molecule is CCCc1nc(CN2CCCCC2CCN)no1. The molecule has 0 amide bonds. The lowest BCUT2D eigenvalue weighted by Gasteiger charge is -2.34. The molecule has 0 aliphatic carbocycles. The van der Waals surface area contributed by atoms with E-state index in [1.807, 2.05) is 0 Å². The highest BCUT2D eigenvalue weighted by atomic mass is 16.5. The van der Waals surface area contributed by atoms with Crippen molar-refractivity contribution >= 4 is 0 Å². The van der Waals surface area contributed by atoms with Crippen molar-refractivity contribution in [2.75, 3.05) is 13.1 Å². The number of nitrogens with zero attached hydrogens (tertiary/aromatic N) is 3. The van der Waals surface area contributed by atoms with Crippen LogP contribution in [0.25, 0.3) is 0 Å². The van der Waals surface area contributed by atoms with Crippen LogP contribution in [0.15, 0.2) is 4.52 Å². The van der Waals surface area contributed by atoms with Crippen molar-refractivity contribution in [2.45, 2.75) is 58.0 Å². The fraction of sp³-hybridized carbons (Fsp3) is 0.846. The number of hydrogen-bond donors (Lipinski definition) is 1. The third-order valence-corrected chi connectivity index (χ3v) is 3.57. The molecule has 2 N–H and O–H groups in total. The monoisotopic (exact) mass is 252 g/mol. The van der Waals surface area contributed by atoms with Gasteiger partial charge in [-0.05, 0) is 38.8 Å². The predicted octanol–water partition coefficient (Wildman–Crippen LogP) is 1.73. The number of piperidine rings is 1. The minimum Gasteiger partial charge on any atom is -0.339 e. The second kappa shape index (κ2) is 6.85. The van der Waals surface area contributed by atoms with Gasteiger partial charge < -0.3 is 10.3 Å². The Bertz CT molecular complexity index is 351. The van der Waals surface area contributed by atoms with Gasteiger partial charge in [0.05, 0.1) is 6.54 Å². The maximum absolute atomic E-state index is 5.68. The van der Waals surface area contributed by atoms with E-state index in [1.54, 1.807) is 0 Å². The third kappa shape index (κ3) is 3.53. The molecule has 1 aliphatic rings. The average molecular weight is 252 g/mol. The van der Waals surface area contributed by atoms with Crippen LogP contribution < -0.4 is 5.73 Å². The van der Waals surface area contributed by atoms with Crippen molar-refractivity contribution in [3.63, 3.8) is 0 Å². The molecule has 1 aliphatic heterocycles. The molecule has 5 nitrogen and oxygen atoms in total. The Hall–Kier alpha value is -0.940. The number of aryl methyl sites for hydroxylation is 1. The third-order valence-electron chi connectivity index (χ3n) is 3.57. The van der Waals surface area contributed by atoms with Crippen LogP contribution >= 0.6 is 0 Å². The molecule has 1 atom stereocenters. The summed E-state index contributed by atoms with van der Waals surface area (Å²) in [5.74, 6) is 1.59. The van der Waals surface area contributed by atoms with Gasteiger partial charge in [0.1, 0.15) is 0 Å². The minimum atomic E-state index is 0.594. The van der Waals surface area contributed by atoms with Gasteiger partial charge in [-0.3, -0.25) is 4.90 Å². The van der Waals surface area contributed by atoms with E-state index in [4.69, 9.17) is 10.3 Å². The average Bonchev–Trinajstić information content (AvgIpc) is 2.80. The molecular formula is C13H24N4O. The van der Waals surface area contributed by atoms with Crippen molar-refractivity contribution in [3.8, 4) is 0 Å². The molecule has 1 fully saturated rings. The normalized spacial score (nSPS) is 21.3. The van der Waals surface area contributed by atoms with Crippen LogP contribution in [0.1, 0.15) is 50.7 Å². The highest BCUT2D eigenvalue weighted by Gasteiger charge is 2.23. The maximum Gasteiger partial charge on any atom is 0.226 e. The van der Waals surface area contributed by atoms with Crippen molar-refractivity contribution in [1.29, 1.82) is 0 Å². The van der Waals surface area contributed by atoms with Crippen LogP contribution in [-0.4, -0.2) is 34.2 Å². The highest BCUT2D eigenvalue weighted by Crippen LogP contribution is 2.20. The van der Waals surface area contributed by atoms with Crippen molar-refractivity contribution < 1.29 is 4.52 Å². The smallest absolute Gasteiger partial charge is 0.226 e. The van der Waals surface area contributed by atoms with Gasteiger partial charge in [-0.1, -0.05) is 18.5 Å². The largest absolute Gasteiger partial charge is 0.339 e. The molecule has 1 aromatic rings. The molecule has 18 heavy (non-hydrogen) atoms. The van der Waals surface area contributed by atoms with Gasteiger partial charge in [0.2, 0.25) is 5.89 Å². The summed E-state index contributed by atoms with van der Waals surface area (Å²) in [6.45, 7) is 4.81. The summed E-state index contributed by atoms with van der Waals surface area (Å²) < 4.78 is 5.23. The molecule has 2 heterocycles. The van der Waals surface area contributed by atoms with E-state index >= 15 is 0 Å². The lowest BCUT2D eigenvalue weighted by atomic mass is 9.99. The maximum atomic E-state index is 5.68. The zero-order chi connectivity index (χ0) is 12.8. The highest BCUT2D eigenvalue weighted by molar-refractivity contribution is 4.89. The van der Waals surface area contributed by atoms with E-state index in [2.05, 4.69) is 22.0 Å². The summed E-state index contributed by atoms with van der Waals surface area (Å²) in [5.41, 5.74) is 5.68. The Morgan fingerprint density at radius 3 is 3.11 bits per heavy atom. The molecule has 0 aromatic carbocycles. The Morgan fingerprint density at radius 2 is 2.33 bits per heavy atom. The van der Waals surface area contributed by atoms with Crippen molar-refractivity contribution in [3.05, 3.63) is 11.7 Å². The first-order valence-electron chi connectivity index (χ1n) is 7.09. The van der Waals surface area contributed by atoms with Gasteiger partial charge in [-0.2, -0.15) is 4.98 Å². The van der Waals surface area contributed by atoms with Crippen LogP contribution in [-0.2, 0) is 13.0 Å². The van der Waals surface area contributed by atoms with Crippen LogP contribution in [0, 0.1) is 0 Å². The Balaban J connectivity index is 1.92. The summed E-state index contributed by atoms with van der Waals surface area (Å²) in [6, 6.07) is 0.594. The molecule has 0 bridgehead atoms. The fourth-order valence-electron chi connectivity index (χ4n) is 2.64. The van der Waals surface area contributed by atoms with E-state index in [9.17, 15) is 0 Å². The van der Waals surface area contributed by atoms with Gasteiger partial charge >= 0.3 is 0 Å². The number of likely N-dealkylation sites (tertiary alicyclic amines) is 1. The fourth-order valence-corrected chi connectivity index (χ4v) is 2.64. The second-order valence-electron chi connectivity index (χ2n) is 5.05. The zero-order valence-electron chi connectivity index (χ0n) is 11.3. The topological polar surface area (TPSA) is 68.2 Å². The summed E-state index contributed by atoms with van der Waals surface area (Å²) in [5, 5.41) is 4.06. The van der Waals surface area contributed by atoms with Crippen molar-refractivity contribution in [1.82, 2.24) is 15.0 Å². The van der Waals surface area contributed by atoms with E-state index in [0.29, 0.717) is 6.04 Å². The van der Waals surface area contributed by atoms with Crippen LogP contribution in [0.5, 0.6) is 0 Å². The Kier molecular flexibility index (Phi) is 5.13. The Morgan fingerprint density at radius 1 is 1.44 bits per heavy atom. The summed E-state index contributed by atoms with van der Waals surface area (Å²) in [7, 11) is 0. The molecule has 2 rings (SSSR count). The van der Waals surface area contributed by atoms with Gasteiger partial charge in [-0.15, -0.1) is 0 Å². The molecule has 1 unspecified atom stereocenters. The summed E-state index contributed by atoms with van der Waals surface area (Å²) >= 11 is 0. The number of nitrogens with two attached hydrogens (primary N) is 1. The molecular weight excluding hydrogens is 228 g/mol. The van der Waals surface area contributed by atoms with Crippen LogP contribution in [0.4, 0.5) is 0 Å². The second-order valence-corrected chi connectivity index (χ2v) is 5.05. The van der Waals surface area contributed by atoms with E-state index < -0.39 is 0 Å². The zero-order valence-corrected chi connectivity index (χ0v) is 11.3. The molecule has 0 saturated carbocycles. The lowest BCUT2D eigenvalue weighted by Crippen LogP contribution is -2.40. The first kappa shape index (κ1) is 13.5. The molecule has 1 aromatic heterocycles. The Labute approximate surface area is 109 Å². The van der Waals surface area contributed by atoms with Gasteiger partial charge in [-0.25, -0.2) is 0 Å². The van der Waals surface area contributed by atoms with Gasteiger partial charge in [0, 0.05) is 12.5 Å². The number of hydrogen-bond acceptors (Lipinski definition) is 5. The lowest BCUT2D eigenvalue weighted by molar-refractivity contribution is 0.129. The summed E-state index contributed by atoms with van der Waals surface area (Å²) in [4.78, 5) is 6.89. The van der Waals surface area contributed by atoms with Gasteiger partial charge in [0.25, 0.3) is 0 Å². The standard InChI is InChI=1S/C13H24N4O/c1-2-5-13-15-12(16-18-13)10-17-9-4-3-6-11(17)7-8-14/h11H,2-10,14H2,1H3. The molecule has 5 heteroatoms.